The van der Waals surface area contributed by atoms with Crippen LogP contribution in [0.15, 0.2) is 59.6 Å². The van der Waals surface area contributed by atoms with Crippen LogP contribution in [-0.4, -0.2) is 54.0 Å². The van der Waals surface area contributed by atoms with Gasteiger partial charge in [0.05, 0.1) is 21.4 Å². The highest BCUT2D eigenvalue weighted by molar-refractivity contribution is 7.89. The summed E-state index contributed by atoms with van der Waals surface area (Å²) in [7, 11) is -3.96. The van der Waals surface area contributed by atoms with Gasteiger partial charge in [-0.2, -0.15) is 17.5 Å². The van der Waals surface area contributed by atoms with Crippen molar-refractivity contribution in [2.75, 3.05) is 18.0 Å². The molecule has 6 rings (SSSR count). The lowest BCUT2D eigenvalue weighted by atomic mass is 10.1. The molecule has 0 radical (unpaired) electrons. The van der Waals surface area contributed by atoms with Gasteiger partial charge in [0.2, 0.25) is 10.0 Å². The summed E-state index contributed by atoms with van der Waals surface area (Å²) in [6.45, 7) is 3.83. The molecule has 2 aromatic carbocycles. The second-order valence-electron chi connectivity index (χ2n) is 11.4. The van der Waals surface area contributed by atoms with Gasteiger partial charge in [0, 0.05) is 31.4 Å². The minimum atomic E-state index is -4.62. The summed E-state index contributed by atoms with van der Waals surface area (Å²) in [4.78, 5) is 17.2. The van der Waals surface area contributed by atoms with Crippen LogP contribution >= 0.6 is 11.6 Å². The number of halogens is 4. The first-order valence-corrected chi connectivity index (χ1v) is 16.0. The van der Waals surface area contributed by atoms with Crippen molar-refractivity contribution < 1.29 is 31.5 Å². The third kappa shape index (κ3) is 6.39. The maximum atomic E-state index is 13.7. The number of nitrogens with zero attached hydrogens (tertiary/aromatic N) is 3. The Morgan fingerprint density at radius 2 is 1.58 bits per heavy atom. The Morgan fingerprint density at radius 1 is 0.977 bits per heavy atom. The van der Waals surface area contributed by atoms with Gasteiger partial charge in [0.1, 0.15) is 5.82 Å². The smallest absolute Gasteiger partial charge is 0.419 e. The van der Waals surface area contributed by atoms with Gasteiger partial charge in [-0.15, -0.1) is 0 Å². The van der Waals surface area contributed by atoms with E-state index in [-0.39, 0.29) is 36.6 Å². The second-order valence-corrected chi connectivity index (χ2v) is 13.6. The number of aryl methyl sites for hydroxylation is 2. The number of carboxylic acid groups (broad SMARTS) is 1. The van der Waals surface area contributed by atoms with Crippen LogP contribution in [0.2, 0.25) is 5.02 Å². The Labute approximate surface area is 254 Å². The quantitative estimate of drug-likeness (QED) is 0.377. The van der Waals surface area contributed by atoms with Crippen LogP contribution in [0.4, 0.5) is 19.0 Å². The molecule has 1 aliphatic heterocycles. The summed E-state index contributed by atoms with van der Waals surface area (Å²) in [5.41, 5.74) is 3.36. The van der Waals surface area contributed by atoms with E-state index in [0.717, 1.165) is 11.6 Å². The first-order chi connectivity index (χ1) is 20.3. The summed E-state index contributed by atoms with van der Waals surface area (Å²) < 4.78 is 67.8. The first kappa shape index (κ1) is 31.3. The van der Waals surface area contributed by atoms with Crippen LogP contribution < -0.4 is 4.90 Å². The molecule has 12 heteroatoms. The number of pyridine rings is 1. The average Bonchev–Trinajstić information content (AvgIpc) is 3.59. The number of fused-ring (bicyclic) bond motifs is 2. The van der Waals surface area contributed by atoms with Gasteiger partial charge in [0.25, 0.3) is 0 Å². The number of hydrogen-bond acceptors (Lipinski definition) is 5. The van der Waals surface area contributed by atoms with Crippen LogP contribution in [0.3, 0.4) is 0 Å². The van der Waals surface area contributed by atoms with E-state index in [2.05, 4.69) is 29.2 Å². The maximum absolute atomic E-state index is 13.7. The van der Waals surface area contributed by atoms with Crippen molar-refractivity contribution in [3.8, 4) is 0 Å². The highest BCUT2D eigenvalue weighted by atomic mass is 35.5. The molecule has 0 saturated carbocycles. The molecule has 0 spiro atoms. The van der Waals surface area contributed by atoms with Gasteiger partial charge in [0.15, 0.2) is 0 Å². The number of aromatic nitrogens is 1. The molecule has 43 heavy (non-hydrogen) atoms. The molecule has 3 aromatic rings. The molecule has 2 heterocycles. The zero-order valence-electron chi connectivity index (χ0n) is 23.8. The van der Waals surface area contributed by atoms with E-state index in [0.29, 0.717) is 11.8 Å². The molecule has 1 aromatic heterocycles. The Kier molecular flexibility index (Phi) is 8.79. The fourth-order valence-electron chi connectivity index (χ4n) is 6.43. The van der Waals surface area contributed by atoms with Crippen LogP contribution in [0.1, 0.15) is 48.1 Å². The molecule has 230 valence electrons. The highest BCUT2D eigenvalue weighted by Crippen LogP contribution is 2.38. The van der Waals surface area contributed by atoms with E-state index < -0.39 is 50.8 Å². The number of piperazine rings is 1. The van der Waals surface area contributed by atoms with Gasteiger partial charge in [-0.1, -0.05) is 48.0 Å². The lowest BCUT2D eigenvalue weighted by molar-refractivity contribution is -0.141. The molecule has 7 nitrogen and oxygen atoms in total. The molecule has 1 unspecified atom stereocenters. The van der Waals surface area contributed by atoms with E-state index in [1.807, 2.05) is 0 Å². The van der Waals surface area contributed by atoms with Gasteiger partial charge in [-0.3, -0.25) is 4.79 Å². The monoisotopic (exact) mass is 635 g/mol. The second kappa shape index (κ2) is 12.1. The van der Waals surface area contributed by atoms with Crippen LogP contribution in [0.25, 0.3) is 0 Å². The Balaban J connectivity index is 0.000000345. The predicted molar refractivity (Wildman–Crippen MR) is 158 cm³/mol. The van der Waals surface area contributed by atoms with Crippen molar-refractivity contribution in [2.45, 2.75) is 69.1 Å². The van der Waals surface area contributed by atoms with E-state index in [9.17, 15) is 31.5 Å². The van der Waals surface area contributed by atoms with Gasteiger partial charge < -0.3 is 10.0 Å². The highest BCUT2D eigenvalue weighted by Gasteiger charge is 2.42. The minimum absolute atomic E-state index is 0.108. The topological polar surface area (TPSA) is 90.8 Å². The standard InChI is InChI=1S/C22H23ClF3N3O4S.C9H10/c1-12-10-28(20-8-18(23)17(9-27-20)22(24,25)26)11-13(2)29(12)34(32,33)19-5-3-4-14-6-15(21(30)31)7-16(14)19;1-2-5-9-7-3-6-8(9)4-1/h3-5,8-9,12-13,15H,6-7,10-11H2,1-2H3,(H,30,31);1-2,4-5H,3,6-7H2/t12-,13+,15?;. The first-order valence-electron chi connectivity index (χ1n) is 14.2. The molecule has 1 fully saturated rings. The van der Waals surface area contributed by atoms with Crippen molar-refractivity contribution in [3.63, 3.8) is 0 Å². The molecule has 1 N–H and O–H groups in total. The molecule has 1 saturated heterocycles. The van der Waals surface area contributed by atoms with Crippen molar-refractivity contribution >= 4 is 33.4 Å². The zero-order chi connectivity index (χ0) is 31.1. The zero-order valence-corrected chi connectivity index (χ0v) is 25.4. The van der Waals surface area contributed by atoms with E-state index in [1.54, 1.807) is 42.0 Å². The van der Waals surface area contributed by atoms with Gasteiger partial charge in [-0.05, 0) is 80.3 Å². The third-order valence-electron chi connectivity index (χ3n) is 8.37. The molecular weight excluding hydrogens is 603 g/mol. The lowest BCUT2D eigenvalue weighted by Gasteiger charge is -2.44. The predicted octanol–water partition coefficient (Wildman–Crippen LogP) is 6.02. The summed E-state index contributed by atoms with van der Waals surface area (Å²) in [6.07, 6.45) is 0.462. The summed E-state index contributed by atoms with van der Waals surface area (Å²) in [5.74, 6) is -1.38. The van der Waals surface area contributed by atoms with E-state index >= 15 is 0 Å². The van der Waals surface area contributed by atoms with Gasteiger partial charge >= 0.3 is 12.1 Å². The van der Waals surface area contributed by atoms with Crippen molar-refractivity contribution in [1.82, 2.24) is 9.29 Å². The molecule has 3 aliphatic rings. The van der Waals surface area contributed by atoms with E-state index in [4.69, 9.17) is 11.6 Å². The number of aliphatic carboxylic acids is 1. The van der Waals surface area contributed by atoms with Gasteiger partial charge in [-0.25, -0.2) is 13.4 Å². The molecule has 0 amide bonds. The fraction of sp³-hybridized carbons (Fsp3) is 0.419. The number of anilines is 1. The van der Waals surface area contributed by atoms with Crippen molar-refractivity contribution in [2.24, 2.45) is 5.92 Å². The Morgan fingerprint density at radius 3 is 2.14 bits per heavy atom. The molecule has 2 aliphatic carbocycles. The summed E-state index contributed by atoms with van der Waals surface area (Å²) in [6, 6.07) is 13.7. The molecular formula is C31H33ClF3N3O4S. The SMILES string of the molecule is C[C@@H]1CN(c2cc(Cl)c(C(F)(F)F)cn2)C[C@H](C)N1S(=O)(=O)c1cccc2c1CC(C(=O)O)C2.c1ccc2c(c1)CCC2. The third-order valence-corrected chi connectivity index (χ3v) is 10.9. The van der Waals surface area contributed by atoms with Crippen LogP contribution in [-0.2, 0) is 46.7 Å². The normalized spacial score (nSPS) is 22.0. The number of alkyl halides is 3. The number of carboxylic acids is 1. The molecule has 3 atom stereocenters. The number of carbonyl (C=O) groups is 1. The minimum Gasteiger partial charge on any atom is -0.481 e. The van der Waals surface area contributed by atoms with Crippen molar-refractivity contribution in [1.29, 1.82) is 0 Å². The van der Waals surface area contributed by atoms with Crippen LogP contribution in [0.5, 0.6) is 0 Å². The number of benzene rings is 2. The summed E-state index contributed by atoms with van der Waals surface area (Å²) >= 11 is 5.84. The lowest BCUT2D eigenvalue weighted by Crippen LogP contribution is -2.58. The fourth-order valence-corrected chi connectivity index (χ4v) is 8.77. The average molecular weight is 636 g/mol. The van der Waals surface area contributed by atoms with Crippen LogP contribution in [0, 0.1) is 5.92 Å². The Hall–Kier alpha value is -3.15. The number of rotatable bonds is 4. The largest absolute Gasteiger partial charge is 0.481 e. The maximum Gasteiger partial charge on any atom is 0.419 e. The summed E-state index contributed by atoms with van der Waals surface area (Å²) in [5, 5.41) is 8.92. The van der Waals surface area contributed by atoms with Crippen molar-refractivity contribution in [3.05, 3.63) is 87.6 Å². The molecule has 0 bridgehead atoms. The Bertz CT molecular complexity index is 1600. The van der Waals surface area contributed by atoms with E-state index in [1.165, 1.54) is 29.6 Å². The number of hydrogen-bond donors (Lipinski definition) is 1. The number of sulfonamides is 1.